The van der Waals surface area contributed by atoms with Crippen molar-refractivity contribution in [2.75, 3.05) is 0 Å². The van der Waals surface area contributed by atoms with Gasteiger partial charge in [-0.3, -0.25) is 0 Å². The Balaban J connectivity index is 2.22. The van der Waals surface area contributed by atoms with Crippen LogP contribution in [0.4, 0.5) is 0 Å². The maximum absolute atomic E-state index is 9.48. The Morgan fingerprint density at radius 1 is 1.56 bits per heavy atom. The molecule has 2 bridgehead atoms. The van der Waals surface area contributed by atoms with Crippen molar-refractivity contribution in [1.29, 1.82) is 0 Å². The van der Waals surface area contributed by atoms with Gasteiger partial charge in [0.05, 0.1) is 6.10 Å². The molecule has 2 aliphatic carbocycles. The normalized spacial score (nSPS) is 56.7. The lowest BCUT2D eigenvalue weighted by atomic mass is 9.84. The van der Waals surface area contributed by atoms with E-state index in [1.165, 1.54) is 19.3 Å². The van der Waals surface area contributed by atoms with Crippen LogP contribution in [0.15, 0.2) is 0 Å². The molecule has 0 radical (unpaired) electrons. The third-order valence-corrected chi connectivity index (χ3v) is 3.24. The summed E-state index contributed by atoms with van der Waals surface area (Å²) >= 11 is 0. The fourth-order valence-electron chi connectivity index (χ4n) is 2.50. The van der Waals surface area contributed by atoms with Crippen molar-refractivity contribution in [3.05, 3.63) is 0 Å². The minimum absolute atomic E-state index is 0.0243. The Morgan fingerprint density at radius 3 is 2.56 bits per heavy atom. The molecular weight excluding hydrogens is 112 g/mol. The van der Waals surface area contributed by atoms with Crippen LogP contribution in [0.3, 0.4) is 0 Å². The SMILES string of the molecule is C[C@]12CC[C@H](C[C@H]1O)C2. The molecule has 0 aromatic heterocycles. The quantitative estimate of drug-likeness (QED) is 0.522. The van der Waals surface area contributed by atoms with E-state index in [1.54, 1.807) is 0 Å². The molecule has 1 heteroatoms. The standard InChI is InChI=1S/C8H14O/c1-8-3-2-6(5-8)4-7(8)9/h6-7,9H,2-5H2,1H3/t6-,7-,8-/m1/s1. The smallest absolute Gasteiger partial charge is 0.0596 e. The highest BCUT2D eigenvalue weighted by molar-refractivity contribution is 4.98. The average Bonchev–Trinajstić information content (AvgIpc) is 2.22. The largest absolute Gasteiger partial charge is 0.393 e. The maximum Gasteiger partial charge on any atom is 0.0596 e. The summed E-state index contributed by atoms with van der Waals surface area (Å²) in [6.45, 7) is 2.23. The molecule has 2 rings (SSSR count). The fourth-order valence-corrected chi connectivity index (χ4v) is 2.50. The van der Waals surface area contributed by atoms with E-state index >= 15 is 0 Å². The second-order valence-electron chi connectivity index (χ2n) is 4.01. The number of hydrogen-bond acceptors (Lipinski definition) is 1. The van der Waals surface area contributed by atoms with Crippen LogP contribution < -0.4 is 0 Å². The lowest BCUT2D eigenvalue weighted by Crippen LogP contribution is -2.26. The average molecular weight is 126 g/mol. The lowest BCUT2D eigenvalue weighted by molar-refractivity contribution is 0.0532. The molecule has 0 aromatic carbocycles. The van der Waals surface area contributed by atoms with Gasteiger partial charge >= 0.3 is 0 Å². The van der Waals surface area contributed by atoms with E-state index in [4.69, 9.17) is 0 Å². The van der Waals surface area contributed by atoms with Crippen molar-refractivity contribution in [1.82, 2.24) is 0 Å². The molecule has 2 fully saturated rings. The van der Waals surface area contributed by atoms with Gasteiger partial charge in [-0.15, -0.1) is 0 Å². The molecule has 1 nitrogen and oxygen atoms in total. The fraction of sp³-hybridized carbons (Fsp3) is 1.00. The van der Waals surface area contributed by atoms with Crippen LogP contribution in [0, 0.1) is 11.3 Å². The van der Waals surface area contributed by atoms with Gasteiger partial charge in [0.25, 0.3) is 0 Å². The molecule has 0 saturated heterocycles. The van der Waals surface area contributed by atoms with Crippen molar-refractivity contribution in [2.24, 2.45) is 11.3 Å². The highest BCUT2D eigenvalue weighted by atomic mass is 16.3. The van der Waals surface area contributed by atoms with Gasteiger partial charge in [-0.05, 0) is 37.0 Å². The Bertz CT molecular complexity index is 133. The molecular formula is C8H14O. The Morgan fingerprint density at radius 2 is 2.33 bits per heavy atom. The zero-order chi connectivity index (χ0) is 6.48. The van der Waals surface area contributed by atoms with E-state index in [2.05, 4.69) is 6.92 Å². The molecule has 0 aromatic rings. The number of rotatable bonds is 0. The third-order valence-electron chi connectivity index (χ3n) is 3.24. The predicted octanol–water partition coefficient (Wildman–Crippen LogP) is 1.56. The van der Waals surface area contributed by atoms with Crippen LogP contribution in [0.25, 0.3) is 0 Å². The van der Waals surface area contributed by atoms with Gasteiger partial charge in [0.1, 0.15) is 0 Å². The van der Waals surface area contributed by atoms with E-state index in [0.717, 1.165) is 12.3 Å². The Labute approximate surface area is 56.1 Å². The number of aliphatic hydroxyl groups is 1. The van der Waals surface area contributed by atoms with Crippen molar-refractivity contribution in [2.45, 2.75) is 38.7 Å². The first-order chi connectivity index (χ1) is 4.21. The summed E-state index contributed by atoms with van der Waals surface area (Å²) in [5.41, 5.74) is 0.324. The Kier molecular flexibility index (Phi) is 0.963. The van der Waals surface area contributed by atoms with Crippen molar-refractivity contribution >= 4 is 0 Å². The first-order valence-corrected chi connectivity index (χ1v) is 3.89. The molecule has 0 unspecified atom stereocenters. The van der Waals surface area contributed by atoms with Crippen LogP contribution in [-0.2, 0) is 0 Å². The van der Waals surface area contributed by atoms with E-state index in [0.29, 0.717) is 5.41 Å². The molecule has 2 saturated carbocycles. The van der Waals surface area contributed by atoms with Crippen molar-refractivity contribution < 1.29 is 5.11 Å². The van der Waals surface area contributed by atoms with Crippen LogP contribution >= 0.6 is 0 Å². The summed E-state index contributed by atoms with van der Waals surface area (Å²) in [6.07, 6.45) is 5.02. The number of fused-ring (bicyclic) bond motifs is 2. The zero-order valence-electron chi connectivity index (χ0n) is 5.93. The summed E-state index contributed by atoms with van der Waals surface area (Å²) in [4.78, 5) is 0. The second-order valence-corrected chi connectivity index (χ2v) is 4.01. The summed E-state index contributed by atoms with van der Waals surface area (Å²) in [5.74, 6) is 0.866. The van der Waals surface area contributed by atoms with Crippen LogP contribution in [0.5, 0.6) is 0 Å². The molecule has 0 heterocycles. The molecule has 1 N–H and O–H groups in total. The van der Waals surface area contributed by atoms with Gasteiger partial charge in [-0.25, -0.2) is 0 Å². The van der Waals surface area contributed by atoms with Gasteiger partial charge in [-0.2, -0.15) is 0 Å². The first kappa shape index (κ1) is 5.72. The molecule has 3 atom stereocenters. The lowest BCUT2D eigenvalue weighted by Gasteiger charge is -2.26. The van der Waals surface area contributed by atoms with Crippen molar-refractivity contribution in [3.8, 4) is 0 Å². The molecule has 9 heavy (non-hydrogen) atoms. The second kappa shape index (κ2) is 1.51. The van der Waals surface area contributed by atoms with E-state index < -0.39 is 0 Å². The zero-order valence-corrected chi connectivity index (χ0v) is 5.93. The number of hydrogen-bond donors (Lipinski definition) is 1. The van der Waals surface area contributed by atoms with Crippen LogP contribution in [-0.4, -0.2) is 11.2 Å². The topological polar surface area (TPSA) is 20.2 Å². The highest BCUT2D eigenvalue weighted by Gasteiger charge is 2.47. The minimum Gasteiger partial charge on any atom is -0.393 e. The Hall–Kier alpha value is -0.0400. The van der Waals surface area contributed by atoms with Crippen LogP contribution in [0.2, 0.25) is 0 Å². The minimum atomic E-state index is 0.0243. The van der Waals surface area contributed by atoms with Crippen LogP contribution in [0.1, 0.15) is 32.6 Å². The maximum atomic E-state index is 9.48. The molecule has 0 aliphatic heterocycles. The van der Waals surface area contributed by atoms with E-state index in [-0.39, 0.29) is 6.10 Å². The summed E-state index contributed by atoms with van der Waals surface area (Å²) < 4.78 is 0. The molecule has 0 spiro atoms. The molecule has 2 aliphatic rings. The monoisotopic (exact) mass is 126 g/mol. The number of aliphatic hydroxyl groups excluding tert-OH is 1. The third kappa shape index (κ3) is 0.644. The molecule has 0 amide bonds. The van der Waals surface area contributed by atoms with E-state index in [1.807, 2.05) is 0 Å². The highest BCUT2D eigenvalue weighted by Crippen LogP contribution is 2.53. The molecule has 52 valence electrons. The van der Waals surface area contributed by atoms with Crippen molar-refractivity contribution in [3.63, 3.8) is 0 Å². The van der Waals surface area contributed by atoms with Gasteiger partial charge in [-0.1, -0.05) is 6.92 Å². The van der Waals surface area contributed by atoms with Gasteiger partial charge in [0.15, 0.2) is 0 Å². The van der Waals surface area contributed by atoms with Gasteiger partial charge < -0.3 is 5.11 Å². The van der Waals surface area contributed by atoms with Gasteiger partial charge in [0, 0.05) is 0 Å². The first-order valence-electron chi connectivity index (χ1n) is 3.89. The van der Waals surface area contributed by atoms with E-state index in [9.17, 15) is 5.11 Å². The predicted molar refractivity (Wildman–Crippen MR) is 36.1 cm³/mol. The summed E-state index contributed by atoms with van der Waals surface area (Å²) in [5, 5.41) is 9.48. The van der Waals surface area contributed by atoms with Gasteiger partial charge in [0.2, 0.25) is 0 Å². The summed E-state index contributed by atoms with van der Waals surface area (Å²) in [6, 6.07) is 0. The summed E-state index contributed by atoms with van der Waals surface area (Å²) in [7, 11) is 0.